The number of aromatic amines is 1. The molecule has 0 unspecified atom stereocenters. The Bertz CT molecular complexity index is 626. The van der Waals surface area contributed by atoms with Gasteiger partial charge >= 0.3 is 6.18 Å². The third-order valence-corrected chi connectivity index (χ3v) is 2.85. The molecule has 0 radical (unpaired) electrons. The van der Waals surface area contributed by atoms with E-state index in [2.05, 4.69) is 9.97 Å². The van der Waals surface area contributed by atoms with Crippen LogP contribution in [0.25, 0.3) is 11.4 Å². The van der Waals surface area contributed by atoms with Gasteiger partial charge in [0.25, 0.3) is 0 Å². The number of hydrogen-bond donors (Lipinski definition) is 2. The number of nitrogens with zero attached hydrogens (tertiary/aromatic N) is 1. The number of rotatable bonds is 6. The van der Waals surface area contributed by atoms with E-state index in [1.807, 2.05) is 6.92 Å². The number of benzene rings is 1. The Morgan fingerprint density at radius 3 is 2.64 bits per heavy atom. The van der Waals surface area contributed by atoms with Gasteiger partial charge in [0.2, 0.25) is 0 Å². The standard InChI is InChI=1S/C14H16F3N3O2/c1-2-21-5-6-22-11-4-3-9(7-10(11)18)13-19-8-12(20-13)14(15,16)17/h3-4,7-8H,2,5-6,18H2,1H3,(H,19,20). The van der Waals surface area contributed by atoms with Crippen LogP contribution in [0.3, 0.4) is 0 Å². The first-order chi connectivity index (χ1) is 10.4. The Kier molecular flexibility index (Phi) is 4.92. The zero-order valence-electron chi connectivity index (χ0n) is 11.9. The van der Waals surface area contributed by atoms with E-state index in [-0.39, 0.29) is 5.82 Å². The van der Waals surface area contributed by atoms with Crippen molar-refractivity contribution >= 4 is 5.69 Å². The van der Waals surface area contributed by atoms with Gasteiger partial charge in [0.1, 0.15) is 23.9 Å². The molecule has 0 spiro atoms. The summed E-state index contributed by atoms with van der Waals surface area (Å²) in [6, 6.07) is 4.69. The fraction of sp³-hybridized carbons (Fsp3) is 0.357. The van der Waals surface area contributed by atoms with Crippen molar-refractivity contribution in [3.05, 3.63) is 30.1 Å². The number of nitrogen functional groups attached to an aromatic ring is 1. The van der Waals surface area contributed by atoms with E-state index in [1.165, 1.54) is 6.07 Å². The minimum Gasteiger partial charge on any atom is -0.489 e. The number of nitrogens with two attached hydrogens (primary N) is 1. The monoisotopic (exact) mass is 315 g/mol. The predicted octanol–water partition coefficient (Wildman–Crippen LogP) is 3.09. The molecule has 0 saturated heterocycles. The first-order valence-corrected chi connectivity index (χ1v) is 6.64. The molecule has 2 rings (SSSR count). The van der Waals surface area contributed by atoms with Crippen LogP contribution in [-0.4, -0.2) is 29.8 Å². The highest BCUT2D eigenvalue weighted by atomic mass is 19.4. The van der Waals surface area contributed by atoms with Gasteiger partial charge in [0.15, 0.2) is 0 Å². The Hall–Kier alpha value is -2.22. The summed E-state index contributed by atoms with van der Waals surface area (Å²) in [6.07, 6.45) is -3.71. The summed E-state index contributed by atoms with van der Waals surface area (Å²) in [4.78, 5) is 5.94. The first-order valence-electron chi connectivity index (χ1n) is 6.64. The van der Waals surface area contributed by atoms with Gasteiger partial charge in [-0.3, -0.25) is 0 Å². The Morgan fingerprint density at radius 2 is 2.05 bits per heavy atom. The van der Waals surface area contributed by atoms with Crippen molar-refractivity contribution < 1.29 is 22.6 Å². The van der Waals surface area contributed by atoms with E-state index in [0.29, 0.717) is 36.8 Å². The molecule has 0 aliphatic carbocycles. The van der Waals surface area contributed by atoms with E-state index in [9.17, 15) is 13.2 Å². The third-order valence-electron chi connectivity index (χ3n) is 2.85. The van der Waals surface area contributed by atoms with Gasteiger partial charge < -0.3 is 20.2 Å². The zero-order valence-corrected chi connectivity index (χ0v) is 11.9. The van der Waals surface area contributed by atoms with E-state index in [1.54, 1.807) is 12.1 Å². The zero-order chi connectivity index (χ0) is 16.2. The van der Waals surface area contributed by atoms with Crippen molar-refractivity contribution in [2.24, 2.45) is 0 Å². The lowest BCUT2D eigenvalue weighted by atomic mass is 10.2. The Labute approximate surface area is 125 Å². The highest BCUT2D eigenvalue weighted by Crippen LogP contribution is 2.31. The maximum atomic E-state index is 12.5. The molecule has 5 nitrogen and oxygen atoms in total. The molecule has 3 N–H and O–H groups in total. The number of ether oxygens (including phenoxy) is 2. The molecule has 0 aliphatic rings. The second kappa shape index (κ2) is 6.69. The molecule has 120 valence electrons. The molecular formula is C14H16F3N3O2. The summed E-state index contributed by atoms with van der Waals surface area (Å²) < 4.78 is 48.2. The molecule has 0 bridgehead atoms. The van der Waals surface area contributed by atoms with Crippen molar-refractivity contribution in [1.82, 2.24) is 9.97 Å². The Morgan fingerprint density at radius 1 is 1.27 bits per heavy atom. The van der Waals surface area contributed by atoms with Gasteiger partial charge in [0, 0.05) is 12.2 Å². The number of nitrogens with one attached hydrogen (secondary N) is 1. The van der Waals surface area contributed by atoms with Crippen molar-refractivity contribution in [2.75, 3.05) is 25.6 Å². The summed E-state index contributed by atoms with van der Waals surface area (Å²) in [7, 11) is 0. The highest BCUT2D eigenvalue weighted by molar-refractivity contribution is 5.66. The maximum absolute atomic E-state index is 12.5. The number of aromatic nitrogens is 2. The molecular weight excluding hydrogens is 299 g/mol. The number of imidazole rings is 1. The number of H-pyrrole nitrogens is 1. The third kappa shape index (κ3) is 3.91. The van der Waals surface area contributed by atoms with Gasteiger partial charge in [-0.1, -0.05) is 0 Å². The fourth-order valence-corrected chi connectivity index (χ4v) is 1.79. The average Bonchev–Trinajstić information content (AvgIpc) is 2.95. The molecule has 2 aromatic rings. The molecule has 8 heteroatoms. The maximum Gasteiger partial charge on any atom is 0.432 e. The largest absolute Gasteiger partial charge is 0.489 e. The van der Waals surface area contributed by atoms with Gasteiger partial charge in [-0.15, -0.1) is 0 Å². The molecule has 0 amide bonds. The lowest BCUT2D eigenvalue weighted by Gasteiger charge is -2.10. The van der Waals surface area contributed by atoms with Crippen molar-refractivity contribution in [1.29, 1.82) is 0 Å². The van der Waals surface area contributed by atoms with E-state index in [0.717, 1.165) is 6.20 Å². The average molecular weight is 315 g/mol. The molecule has 0 atom stereocenters. The first kappa shape index (κ1) is 16.2. The van der Waals surface area contributed by atoms with Crippen molar-refractivity contribution in [2.45, 2.75) is 13.1 Å². The second-order valence-corrected chi connectivity index (χ2v) is 4.44. The van der Waals surface area contributed by atoms with Crippen LogP contribution in [0.15, 0.2) is 24.4 Å². The summed E-state index contributed by atoms with van der Waals surface area (Å²) >= 11 is 0. The summed E-state index contributed by atoms with van der Waals surface area (Å²) in [5.41, 5.74) is 5.70. The van der Waals surface area contributed by atoms with Crippen molar-refractivity contribution in [3.8, 4) is 17.1 Å². The summed E-state index contributed by atoms with van der Waals surface area (Å²) in [5.74, 6) is 0.547. The second-order valence-electron chi connectivity index (χ2n) is 4.44. The quantitative estimate of drug-likeness (QED) is 0.634. The normalized spacial score (nSPS) is 11.6. The molecule has 0 fully saturated rings. The fourth-order valence-electron chi connectivity index (χ4n) is 1.79. The van der Waals surface area contributed by atoms with E-state index >= 15 is 0 Å². The Balaban J connectivity index is 2.10. The number of alkyl halides is 3. The predicted molar refractivity (Wildman–Crippen MR) is 75.4 cm³/mol. The SMILES string of the molecule is CCOCCOc1ccc(-c2ncc(C(F)(F)F)[nH]2)cc1N. The van der Waals surface area contributed by atoms with E-state index < -0.39 is 11.9 Å². The molecule has 1 heterocycles. The van der Waals surface area contributed by atoms with E-state index in [4.69, 9.17) is 15.2 Å². The molecule has 1 aromatic heterocycles. The number of halogens is 3. The molecule has 1 aromatic carbocycles. The van der Waals surface area contributed by atoms with Crippen LogP contribution in [-0.2, 0) is 10.9 Å². The van der Waals surface area contributed by atoms with Gasteiger partial charge in [-0.2, -0.15) is 13.2 Å². The molecule has 0 saturated carbocycles. The molecule has 0 aliphatic heterocycles. The topological polar surface area (TPSA) is 73.2 Å². The van der Waals surface area contributed by atoms with Gasteiger partial charge in [0.05, 0.1) is 18.5 Å². The summed E-state index contributed by atoms with van der Waals surface area (Å²) in [5, 5.41) is 0. The van der Waals surface area contributed by atoms with Crippen LogP contribution >= 0.6 is 0 Å². The lowest BCUT2D eigenvalue weighted by molar-refractivity contribution is -0.140. The van der Waals surface area contributed by atoms with Crippen LogP contribution in [0.2, 0.25) is 0 Å². The summed E-state index contributed by atoms with van der Waals surface area (Å²) in [6.45, 7) is 3.25. The van der Waals surface area contributed by atoms with Crippen LogP contribution in [0.5, 0.6) is 5.75 Å². The minimum atomic E-state index is -4.46. The molecule has 22 heavy (non-hydrogen) atoms. The van der Waals surface area contributed by atoms with Crippen LogP contribution in [0, 0.1) is 0 Å². The highest BCUT2D eigenvalue weighted by Gasteiger charge is 2.33. The number of anilines is 1. The number of hydrogen-bond acceptors (Lipinski definition) is 4. The van der Waals surface area contributed by atoms with Crippen LogP contribution in [0.4, 0.5) is 18.9 Å². The minimum absolute atomic E-state index is 0.0971. The smallest absolute Gasteiger partial charge is 0.432 e. The van der Waals surface area contributed by atoms with Crippen LogP contribution in [0.1, 0.15) is 12.6 Å². The van der Waals surface area contributed by atoms with Gasteiger partial charge in [-0.05, 0) is 25.1 Å². The van der Waals surface area contributed by atoms with Crippen molar-refractivity contribution in [3.63, 3.8) is 0 Å². The lowest BCUT2D eigenvalue weighted by Crippen LogP contribution is -2.07. The van der Waals surface area contributed by atoms with Gasteiger partial charge in [-0.25, -0.2) is 4.98 Å². The van der Waals surface area contributed by atoms with Crippen LogP contribution < -0.4 is 10.5 Å².